The monoisotopic (exact) mass is 442 g/mol. The highest BCUT2D eigenvalue weighted by Crippen LogP contribution is 2.27. The van der Waals surface area contributed by atoms with Gasteiger partial charge in [-0.05, 0) is 24.3 Å². The molecule has 0 radical (unpaired) electrons. The number of halogens is 2. The number of amides is 1. The molecule has 1 aliphatic heterocycles. The summed E-state index contributed by atoms with van der Waals surface area (Å²) in [6.45, 7) is 0.896. The molecule has 0 atom stereocenters. The van der Waals surface area contributed by atoms with Gasteiger partial charge in [-0.3, -0.25) is 4.79 Å². The van der Waals surface area contributed by atoms with Gasteiger partial charge in [0.25, 0.3) is 0 Å². The number of nitrogens with zero attached hydrogens (tertiary/aromatic N) is 2. The number of carbonyl (C=O) groups is 1. The van der Waals surface area contributed by atoms with Gasteiger partial charge in [0.1, 0.15) is 10.7 Å². The van der Waals surface area contributed by atoms with E-state index in [2.05, 4.69) is 0 Å². The van der Waals surface area contributed by atoms with Gasteiger partial charge < -0.3 is 4.90 Å². The van der Waals surface area contributed by atoms with Gasteiger partial charge in [-0.2, -0.15) is 4.31 Å². The Kier molecular flexibility index (Phi) is 6.98. The summed E-state index contributed by atoms with van der Waals surface area (Å²) in [6, 6.07) is 12.8. The summed E-state index contributed by atoms with van der Waals surface area (Å²) in [5.41, 5.74) is 0. The maximum atomic E-state index is 13.9. The van der Waals surface area contributed by atoms with E-state index in [4.69, 9.17) is 11.6 Å². The number of piperazine rings is 1. The molecular formula is C19H20ClFN2O3S2. The molecule has 1 aliphatic rings. The average Bonchev–Trinajstić information content (AvgIpc) is 2.69. The normalized spacial score (nSPS) is 15.6. The molecule has 1 heterocycles. The number of carbonyl (C=O) groups excluding carboxylic acids is 1. The third-order valence-corrected chi connectivity index (χ3v) is 7.90. The summed E-state index contributed by atoms with van der Waals surface area (Å²) in [7, 11) is -3.90. The number of rotatable bonds is 6. The van der Waals surface area contributed by atoms with Crippen molar-refractivity contribution in [2.24, 2.45) is 0 Å². The Morgan fingerprint density at radius 1 is 1.04 bits per heavy atom. The second-order valence-corrected chi connectivity index (χ2v) is 9.69. The van der Waals surface area contributed by atoms with Crippen LogP contribution in [0.5, 0.6) is 0 Å². The van der Waals surface area contributed by atoms with Crippen LogP contribution in [0.4, 0.5) is 4.39 Å². The van der Waals surface area contributed by atoms with Crippen molar-refractivity contribution < 1.29 is 17.6 Å². The number of benzene rings is 2. The Morgan fingerprint density at radius 3 is 2.36 bits per heavy atom. The smallest absolute Gasteiger partial charge is 0.246 e. The van der Waals surface area contributed by atoms with Crippen molar-refractivity contribution in [2.75, 3.05) is 31.9 Å². The number of thioether (sulfide) groups is 1. The van der Waals surface area contributed by atoms with Crippen LogP contribution in [0.25, 0.3) is 0 Å². The number of hydrogen-bond donors (Lipinski definition) is 0. The van der Waals surface area contributed by atoms with E-state index in [1.54, 1.807) is 11.0 Å². The molecule has 5 nitrogen and oxygen atoms in total. The molecule has 2 aromatic carbocycles. The molecule has 150 valence electrons. The number of hydrogen-bond acceptors (Lipinski definition) is 4. The van der Waals surface area contributed by atoms with Crippen LogP contribution in [0.3, 0.4) is 0 Å². The summed E-state index contributed by atoms with van der Waals surface area (Å²) in [5, 5.41) is 0.659. The van der Waals surface area contributed by atoms with Crippen LogP contribution >= 0.6 is 23.4 Å². The second kappa shape index (κ2) is 9.26. The topological polar surface area (TPSA) is 57.7 Å². The molecule has 0 aromatic heterocycles. The highest BCUT2D eigenvalue weighted by atomic mass is 35.5. The van der Waals surface area contributed by atoms with E-state index in [0.717, 1.165) is 11.0 Å². The molecule has 1 fully saturated rings. The van der Waals surface area contributed by atoms with Gasteiger partial charge >= 0.3 is 0 Å². The minimum atomic E-state index is -3.90. The average molecular weight is 443 g/mol. The summed E-state index contributed by atoms with van der Waals surface area (Å²) in [5.74, 6) is -0.198. The van der Waals surface area contributed by atoms with Gasteiger partial charge in [0.05, 0.1) is 5.02 Å². The molecule has 1 saturated heterocycles. The summed E-state index contributed by atoms with van der Waals surface area (Å²) < 4.78 is 40.3. The standard InChI is InChI=1S/C19H20ClFN2O3S2/c20-15-5-1-3-7-17(15)27-14-9-19(24)22-10-12-23(13-11-22)28(25,26)18-8-4-2-6-16(18)21/h1-8H,9-14H2. The highest BCUT2D eigenvalue weighted by molar-refractivity contribution is 7.99. The van der Waals surface area contributed by atoms with Crippen LogP contribution in [-0.2, 0) is 14.8 Å². The van der Waals surface area contributed by atoms with Crippen molar-refractivity contribution in [1.82, 2.24) is 9.21 Å². The zero-order chi connectivity index (χ0) is 20.1. The van der Waals surface area contributed by atoms with E-state index in [9.17, 15) is 17.6 Å². The lowest BCUT2D eigenvalue weighted by molar-refractivity contribution is -0.131. The molecule has 3 rings (SSSR count). The summed E-state index contributed by atoms with van der Waals surface area (Å²) >= 11 is 7.62. The van der Waals surface area contributed by atoms with Crippen molar-refractivity contribution in [1.29, 1.82) is 0 Å². The van der Waals surface area contributed by atoms with E-state index < -0.39 is 15.8 Å². The van der Waals surface area contributed by atoms with E-state index in [1.165, 1.54) is 34.3 Å². The van der Waals surface area contributed by atoms with E-state index in [1.807, 2.05) is 18.2 Å². The Morgan fingerprint density at radius 2 is 1.68 bits per heavy atom. The van der Waals surface area contributed by atoms with E-state index in [0.29, 0.717) is 30.3 Å². The van der Waals surface area contributed by atoms with Crippen LogP contribution in [0.1, 0.15) is 6.42 Å². The molecule has 0 saturated carbocycles. The van der Waals surface area contributed by atoms with Crippen LogP contribution in [0.2, 0.25) is 5.02 Å². The Balaban J connectivity index is 1.51. The van der Waals surface area contributed by atoms with Crippen molar-refractivity contribution in [3.63, 3.8) is 0 Å². The zero-order valence-corrected chi connectivity index (χ0v) is 17.4. The van der Waals surface area contributed by atoms with Crippen LogP contribution < -0.4 is 0 Å². The zero-order valence-electron chi connectivity index (χ0n) is 15.1. The van der Waals surface area contributed by atoms with Crippen LogP contribution in [-0.4, -0.2) is 55.5 Å². The third-order valence-electron chi connectivity index (χ3n) is 4.46. The fourth-order valence-corrected chi connectivity index (χ4v) is 5.60. The molecule has 0 spiro atoms. The first kappa shape index (κ1) is 21.1. The minimum absolute atomic E-state index is 0.0255. The molecule has 2 aromatic rings. The minimum Gasteiger partial charge on any atom is -0.340 e. The van der Waals surface area contributed by atoms with Crippen molar-refractivity contribution >= 4 is 39.3 Å². The van der Waals surface area contributed by atoms with Gasteiger partial charge in [0.15, 0.2) is 0 Å². The first-order chi connectivity index (χ1) is 13.4. The molecular weight excluding hydrogens is 423 g/mol. The predicted molar refractivity (Wildman–Crippen MR) is 109 cm³/mol. The molecule has 0 bridgehead atoms. The number of sulfonamides is 1. The summed E-state index contributed by atoms with van der Waals surface area (Å²) in [6.07, 6.45) is 0.343. The molecule has 9 heteroatoms. The van der Waals surface area contributed by atoms with Gasteiger partial charge in [0.2, 0.25) is 15.9 Å². The van der Waals surface area contributed by atoms with E-state index in [-0.39, 0.29) is 23.9 Å². The predicted octanol–water partition coefficient (Wildman–Crippen LogP) is 3.49. The third kappa shape index (κ3) is 4.86. The fraction of sp³-hybridized carbons (Fsp3) is 0.316. The first-order valence-corrected chi connectivity index (χ1v) is 11.6. The fourth-order valence-electron chi connectivity index (χ4n) is 2.94. The van der Waals surface area contributed by atoms with Crippen LogP contribution in [0, 0.1) is 5.82 Å². The molecule has 0 unspecified atom stereocenters. The summed E-state index contributed by atoms with van der Waals surface area (Å²) in [4.78, 5) is 14.7. The lowest BCUT2D eigenvalue weighted by Crippen LogP contribution is -2.50. The van der Waals surface area contributed by atoms with Gasteiger partial charge in [-0.25, -0.2) is 12.8 Å². The molecule has 0 N–H and O–H groups in total. The lowest BCUT2D eigenvalue weighted by Gasteiger charge is -2.34. The lowest BCUT2D eigenvalue weighted by atomic mass is 10.3. The Bertz CT molecular complexity index is 948. The van der Waals surface area contributed by atoms with Crippen molar-refractivity contribution in [3.8, 4) is 0 Å². The highest BCUT2D eigenvalue weighted by Gasteiger charge is 2.31. The maximum Gasteiger partial charge on any atom is 0.246 e. The SMILES string of the molecule is O=C(CCSc1ccccc1Cl)N1CCN(S(=O)(=O)c2ccccc2F)CC1. The molecule has 1 amide bonds. The van der Waals surface area contributed by atoms with E-state index >= 15 is 0 Å². The van der Waals surface area contributed by atoms with Gasteiger partial charge in [-0.15, -0.1) is 11.8 Å². The first-order valence-electron chi connectivity index (χ1n) is 8.79. The van der Waals surface area contributed by atoms with Gasteiger partial charge in [-0.1, -0.05) is 35.9 Å². The Hall–Kier alpha value is -1.61. The second-order valence-electron chi connectivity index (χ2n) is 6.24. The van der Waals surface area contributed by atoms with Crippen molar-refractivity contribution in [3.05, 3.63) is 59.4 Å². The maximum absolute atomic E-state index is 13.9. The van der Waals surface area contributed by atoms with Crippen molar-refractivity contribution in [2.45, 2.75) is 16.2 Å². The molecule has 0 aliphatic carbocycles. The molecule has 28 heavy (non-hydrogen) atoms. The Labute approximate surface area is 173 Å². The largest absolute Gasteiger partial charge is 0.340 e. The van der Waals surface area contributed by atoms with Crippen LogP contribution in [0.15, 0.2) is 58.3 Å². The van der Waals surface area contributed by atoms with Gasteiger partial charge in [0, 0.05) is 43.2 Å². The quantitative estimate of drug-likeness (QED) is 0.642.